The summed E-state index contributed by atoms with van der Waals surface area (Å²) in [5.74, 6) is 0.0618. The summed E-state index contributed by atoms with van der Waals surface area (Å²) in [5, 5.41) is 6.88. The monoisotopic (exact) mass is 313 g/mol. The van der Waals surface area contributed by atoms with Gasteiger partial charge in [-0.3, -0.25) is 9.59 Å². The summed E-state index contributed by atoms with van der Waals surface area (Å²) in [5.41, 5.74) is 2.08. The van der Waals surface area contributed by atoms with Gasteiger partial charge in [0.2, 0.25) is 11.8 Å². The number of hydrogen-bond acceptors (Lipinski definition) is 2. The van der Waals surface area contributed by atoms with Gasteiger partial charge in [-0.1, -0.05) is 39.0 Å². The van der Waals surface area contributed by atoms with Crippen LogP contribution in [0.1, 0.15) is 38.7 Å². The number of carbonyl (C=O) groups excluding carboxylic acids is 2. The summed E-state index contributed by atoms with van der Waals surface area (Å²) < 4.78 is 0. The molecule has 1 aliphatic rings. The van der Waals surface area contributed by atoms with E-state index in [4.69, 9.17) is 0 Å². The lowest BCUT2D eigenvalue weighted by atomic mass is 9.89. The van der Waals surface area contributed by atoms with Crippen LogP contribution < -0.4 is 10.6 Å². The fourth-order valence-corrected chi connectivity index (χ4v) is 3.29. The van der Waals surface area contributed by atoms with Crippen LogP contribution in [0.3, 0.4) is 0 Å². The highest BCUT2D eigenvalue weighted by atomic mass is 16.2. The molecule has 1 aromatic carbocycles. The van der Waals surface area contributed by atoms with E-state index >= 15 is 0 Å². The molecule has 5 heteroatoms. The number of nitrogens with one attached hydrogen (secondary N) is 3. The molecule has 0 aliphatic carbocycles. The number of para-hydroxylation sites is 1. The lowest BCUT2D eigenvalue weighted by molar-refractivity contribution is -0.137. The van der Waals surface area contributed by atoms with Gasteiger partial charge in [0, 0.05) is 23.0 Å². The number of H-pyrrole nitrogens is 1. The van der Waals surface area contributed by atoms with Crippen molar-refractivity contribution in [1.82, 2.24) is 15.6 Å². The van der Waals surface area contributed by atoms with E-state index in [9.17, 15) is 9.59 Å². The average molecular weight is 313 g/mol. The molecule has 5 nitrogen and oxygen atoms in total. The molecule has 0 saturated carbocycles. The van der Waals surface area contributed by atoms with E-state index in [1.54, 1.807) is 0 Å². The number of aromatic amines is 1. The maximum atomic E-state index is 12.5. The van der Waals surface area contributed by atoms with Gasteiger partial charge < -0.3 is 15.6 Å². The third kappa shape index (κ3) is 2.96. The quantitative estimate of drug-likeness (QED) is 0.810. The van der Waals surface area contributed by atoms with E-state index in [1.165, 1.54) is 0 Å². The topological polar surface area (TPSA) is 74.0 Å². The Morgan fingerprint density at radius 1 is 1.04 bits per heavy atom. The van der Waals surface area contributed by atoms with Gasteiger partial charge in [-0.25, -0.2) is 0 Å². The SMILES string of the molecule is CC(C)C[C@H]1NC(=O)[C@@H](C(C)c2c[nH]c3ccccc23)NC1=O. The van der Waals surface area contributed by atoms with Crippen LogP contribution in [-0.4, -0.2) is 28.9 Å². The van der Waals surface area contributed by atoms with Gasteiger partial charge in [0.15, 0.2) is 0 Å². The molecule has 1 fully saturated rings. The molecule has 122 valence electrons. The Morgan fingerprint density at radius 3 is 2.52 bits per heavy atom. The van der Waals surface area contributed by atoms with Crippen molar-refractivity contribution in [1.29, 1.82) is 0 Å². The number of fused-ring (bicyclic) bond motifs is 1. The van der Waals surface area contributed by atoms with Crippen LogP contribution in [0.15, 0.2) is 30.5 Å². The number of benzene rings is 1. The predicted molar refractivity (Wildman–Crippen MR) is 90.0 cm³/mol. The Kier molecular flexibility index (Phi) is 4.11. The lowest BCUT2D eigenvalue weighted by Crippen LogP contribution is -2.63. The maximum absolute atomic E-state index is 12.5. The second-order valence-electron chi connectivity index (χ2n) is 6.76. The fourth-order valence-electron chi connectivity index (χ4n) is 3.29. The Hall–Kier alpha value is -2.30. The van der Waals surface area contributed by atoms with Crippen molar-refractivity contribution in [3.63, 3.8) is 0 Å². The highest BCUT2D eigenvalue weighted by Crippen LogP contribution is 2.28. The average Bonchev–Trinajstić information content (AvgIpc) is 2.93. The Labute approximate surface area is 135 Å². The third-order valence-electron chi connectivity index (χ3n) is 4.53. The van der Waals surface area contributed by atoms with Crippen molar-refractivity contribution in [2.24, 2.45) is 5.92 Å². The molecule has 3 rings (SSSR count). The highest BCUT2D eigenvalue weighted by molar-refractivity contribution is 5.98. The van der Waals surface area contributed by atoms with Crippen LogP contribution >= 0.6 is 0 Å². The van der Waals surface area contributed by atoms with E-state index in [0.29, 0.717) is 12.3 Å². The van der Waals surface area contributed by atoms with Crippen LogP contribution in [0.2, 0.25) is 0 Å². The van der Waals surface area contributed by atoms with Crippen molar-refractivity contribution in [3.8, 4) is 0 Å². The predicted octanol–water partition coefficient (Wildman–Crippen LogP) is 2.30. The zero-order chi connectivity index (χ0) is 16.6. The van der Waals surface area contributed by atoms with Crippen LogP contribution in [0.25, 0.3) is 10.9 Å². The normalized spacial score (nSPS) is 23.0. The molecule has 2 amide bonds. The standard InChI is InChI=1S/C18H23N3O2/c1-10(2)8-15-17(22)21-16(18(23)20-15)11(3)13-9-19-14-7-5-4-6-12(13)14/h4-7,9-11,15-16,19H,8H2,1-3H3,(H,20,23)(H,21,22)/t11?,15-,16-/m1/s1. The van der Waals surface area contributed by atoms with E-state index in [2.05, 4.69) is 15.6 Å². The minimum absolute atomic E-state index is 0.0880. The van der Waals surface area contributed by atoms with Crippen LogP contribution in [0, 0.1) is 5.92 Å². The maximum Gasteiger partial charge on any atom is 0.243 e. The van der Waals surface area contributed by atoms with Crippen molar-refractivity contribution >= 4 is 22.7 Å². The second kappa shape index (κ2) is 6.07. The largest absolute Gasteiger partial charge is 0.361 e. The first kappa shape index (κ1) is 15.6. The molecule has 0 spiro atoms. The van der Waals surface area contributed by atoms with Gasteiger partial charge in [0.05, 0.1) is 0 Å². The summed E-state index contributed by atoms with van der Waals surface area (Å²) in [6.45, 7) is 6.06. The van der Waals surface area contributed by atoms with Crippen molar-refractivity contribution in [2.45, 2.75) is 45.2 Å². The number of rotatable bonds is 4. The van der Waals surface area contributed by atoms with E-state index in [1.807, 2.05) is 51.2 Å². The smallest absolute Gasteiger partial charge is 0.243 e. The van der Waals surface area contributed by atoms with Gasteiger partial charge in [0.1, 0.15) is 12.1 Å². The number of amides is 2. The molecular formula is C18H23N3O2. The first-order chi connectivity index (χ1) is 11.0. The summed E-state index contributed by atoms with van der Waals surface area (Å²) in [6, 6.07) is 7.02. The minimum Gasteiger partial charge on any atom is -0.361 e. The van der Waals surface area contributed by atoms with Crippen molar-refractivity contribution < 1.29 is 9.59 Å². The molecular weight excluding hydrogens is 290 g/mol. The molecule has 0 radical (unpaired) electrons. The molecule has 1 aromatic heterocycles. The van der Waals surface area contributed by atoms with Crippen LogP contribution in [-0.2, 0) is 9.59 Å². The zero-order valence-corrected chi connectivity index (χ0v) is 13.7. The summed E-state index contributed by atoms with van der Waals surface area (Å²) in [6.07, 6.45) is 2.58. The first-order valence-electron chi connectivity index (χ1n) is 8.14. The van der Waals surface area contributed by atoms with Crippen molar-refractivity contribution in [3.05, 3.63) is 36.0 Å². The summed E-state index contributed by atoms with van der Waals surface area (Å²) in [7, 11) is 0. The van der Waals surface area contributed by atoms with E-state index in [0.717, 1.165) is 16.5 Å². The zero-order valence-electron chi connectivity index (χ0n) is 13.7. The van der Waals surface area contributed by atoms with E-state index in [-0.39, 0.29) is 17.7 Å². The van der Waals surface area contributed by atoms with Gasteiger partial charge in [-0.05, 0) is 24.0 Å². The number of piperazine rings is 1. The van der Waals surface area contributed by atoms with Gasteiger partial charge in [0.25, 0.3) is 0 Å². The Bertz CT molecular complexity index is 735. The first-order valence-corrected chi connectivity index (χ1v) is 8.14. The molecule has 2 aromatic rings. The van der Waals surface area contributed by atoms with Gasteiger partial charge >= 0.3 is 0 Å². The Morgan fingerprint density at radius 2 is 1.78 bits per heavy atom. The van der Waals surface area contributed by atoms with Crippen LogP contribution in [0.5, 0.6) is 0 Å². The third-order valence-corrected chi connectivity index (χ3v) is 4.53. The van der Waals surface area contributed by atoms with Crippen molar-refractivity contribution in [2.75, 3.05) is 0 Å². The fraction of sp³-hybridized carbons (Fsp3) is 0.444. The van der Waals surface area contributed by atoms with Crippen LogP contribution in [0.4, 0.5) is 0 Å². The Balaban J connectivity index is 1.82. The molecule has 2 heterocycles. The molecule has 3 N–H and O–H groups in total. The molecule has 0 bridgehead atoms. The highest BCUT2D eigenvalue weighted by Gasteiger charge is 2.37. The summed E-state index contributed by atoms with van der Waals surface area (Å²) >= 11 is 0. The lowest BCUT2D eigenvalue weighted by Gasteiger charge is -2.33. The van der Waals surface area contributed by atoms with Gasteiger partial charge in [-0.2, -0.15) is 0 Å². The molecule has 1 unspecified atom stereocenters. The molecule has 23 heavy (non-hydrogen) atoms. The number of aromatic nitrogens is 1. The molecule has 1 saturated heterocycles. The molecule has 3 atom stereocenters. The number of carbonyl (C=O) groups is 2. The second-order valence-corrected chi connectivity index (χ2v) is 6.76. The van der Waals surface area contributed by atoms with E-state index < -0.39 is 12.1 Å². The van der Waals surface area contributed by atoms with Gasteiger partial charge in [-0.15, -0.1) is 0 Å². The number of hydrogen-bond donors (Lipinski definition) is 3. The summed E-state index contributed by atoms with van der Waals surface area (Å²) in [4.78, 5) is 28.0. The minimum atomic E-state index is -0.537. The molecule has 1 aliphatic heterocycles.